The van der Waals surface area contributed by atoms with Gasteiger partial charge in [-0.15, -0.1) is 11.3 Å². The second-order valence-electron chi connectivity index (χ2n) is 4.75. The van der Waals surface area contributed by atoms with E-state index < -0.39 is 28.3 Å². The number of aromatic nitrogens is 2. The van der Waals surface area contributed by atoms with Gasteiger partial charge in [-0.25, -0.2) is 9.36 Å². The first-order chi connectivity index (χ1) is 10.6. The van der Waals surface area contributed by atoms with E-state index in [0.717, 1.165) is 18.4 Å². The van der Waals surface area contributed by atoms with Crippen molar-refractivity contribution < 1.29 is 17.6 Å². The SMILES string of the molecule is CCCc1sc(F)c(-n2c(=O)cc(C(F)(F)F)n(C)c2=O)c1Br. The molecule has 0 bridgehead atoms. The summed E-state index contributed by atoms with van der Waals surface area (Å²) in [6.07, 6.45) is -3.64. The van der Waals surface area contributed by atoms with E-state index >= 15 is 0 Å². The van der Waals surface area contributed by atoms with Crippen LogP contribution in [-0.2, 0) is 19.6 Å². The summed E-state index contributed by atoms with van der Waals surface area (Å²) in [5.74, 6) is 0. The van der Waals surface area contributed by atoms with Gasteiger partial charge in [-0.2, -0.15) is 17.6 Å². The van der Waals surface area contributed by atoms with Gasteiger partial charge in [0, 0.05) is 18.0 Å². The summed E-state index contributed by atoms with van der Waals surface area (Å²) in [6, 6.07) is 0.282. The van der Waals surface area contributed by atoms with Gasteiger partial charge in [0.05, 0.1) is 4.47 Å². The van der Waals surface area contributed by atoms with E-state index in [-0.39, 0.29) is 20.8 Å². The molecule has 0 saturated carbocycles. The summed E-state index contributed by atoms with van der Waals surface area (Å²) in [4.78, 5) is 24.7. The van der Waals surface area contributed by atoms with E-state index in [0.29, 0.717) is 22.3 Å². The number of thiophene rings is 1. The van der Waals surface area contributed by atoms with Crippen LogP contribution in [0.4, 0.5) is 17.6 Å². The van der Waals surface area contributed by atoms with Gasteiger partial charge in [-0.1, -0.05) is 13.3 Å². The molecule has 2 aromatic heterocycles. The highest BCUT2D eigenvalue weighted by molar-refractivity contribution is 9.10. The van der Waals surface area contributed by atoms with Gasteiger partial charge >= 0.3 is 11.9 Å². The molecule has 0 aliphatic rings. The molecule has 2 rings (SSSR count). The molecule has 0 spiro atoms. The Morgan fingerprint density at radius 3 is 2.43 bits per heavy atom. The lowest BCUT2D eigenvalue weighted by molar-refractivity contribution is -0.144. The van der Waals surface area contributed by atoms with Crippen molar-refractivity contribution >= 4 is 27.3 Å². The normalized spacial score (nSPS) is 12.0. The molecule has 2 heterocycles. The van der Waals surface area contributed by atoms with Crippen LogP contribution in [0.25, 0.3) is 5.69 Å². The lowest BCUT2D eigenvalue weighted by atomic mass is 10.3. The third kappa shape index (κ3) is 3.14. The fourth-order valence-corrected chi connectivity index (χ4v) is 4.02. The van der Waals surface area contributed by atoms with Crippen molar-refractivity contribution in [3.63, 3.8) is 0 Å². The number of halogens is 5. The Morgan fingerprint density at radius 2 is 1.91 bits per heavy atom. The number of hydrogen-bond donors (Lipinski definition) is 0. The van der Waals surface area contributed by atoms with E-state index in [1.807, 2.05) is 6.92 Å². The van der Waals surface area contributed by atoms with Crippen molar-refractivity contribution in [1.29, 1.82) is 0 Å². The Hall–Kier alpha value is -1.42. The second-order valence-corrected chi connectivity index (χ2v) is 6.60. The van der Waals surface area contributed by atoms with E-state index in [9.17, 15) is 27.2 Å². The van der Waals surface area contributed by atoms with Gasteiger partial charge in [0.1, 0.15) is 11.4 Å². The van der Waals surface area contributed by atoms with Gasteiger partial charge < -0.3 is 0 Å². The van der Waals surface area contributed by atoms with Crippen LogP contribution in [0.3, 0.4) is 0 Å². The van der Waals surface area contributed by atoms with E-state index in [1.165, 1.54) is 0 Å². The van der Waals surface area contributed by atoms with Crippen molar-refractivity contribution in [2.24, 2.45) is 7.05 Å². The van der Waals surface area contributed by atoms with Gasteiger partial charge in [-0.05, 0) is 22.4 Å². The minimum Gasteiger partial charge on any atom is -0.292 e. The maximum atomic E-state index is 14.2. The second kappa shape index (κ2) is 6.23. The van der Waals surface area contributed by atoms with E-state index in [4.69, 9.17) is 0 Å². The molecule has 2 aromatic rings. The fraction of sp³-hybridized carbons (Fsp3) is 0.385. The lowest BCUT2D eigenvalue weighted by Crippen LogP contribution is -2.41. The number of hydrogen-bond acceptors (Lipinski definition) is 3. The van der Waals surface area contributed by atoms with Crippen molar-refractivity contribution in [3.8, 4) is 5.69 Å². The largest absolute Gasteiger partial charge is 0.431 e. The van der Waals surface area contributed by atoms with Crippen LogP contribution in [-0.4, -0.2) is 9.13 Å². The molecule has 0 amide bonds. The summed E-state index contributed by atoms with van der Waals surface area (Å²) in [5.41, 5.74) is -4.23. The first kappa shape index (κ1) is 17.9. The third-order valence-corrected chi connectivity index (χ3v) is 5.31. The lowest BCUT2D eigenvalue weighted by Gasteiger charge is -2.13. The highest BCUT2D eigenvalue weighted by atomic mass is 79.9. The first-order valence-electron chi connectivity index (χ1n) is 6.46. The zero-order valence-electron chi connectivity index (χ0n) is 12.0. The zero-order chi connectivity index (χ0) is 17.5. The smallest absolute Gasteiger partial charge is 0.292 e. The van der Waals surface area contributed by atoms with Crippen molar-refractivity contribution in [2.75, 3.05) is 0 Å². The Kier molecular flexibility index (Phi) is 4.86. The maximum absolute atomic E-state index is 14.2. The third-order valence-electron chi connectivity index (χ3n) is 3.16. The quantitative estimate of drug-likeness (QED) is 0.721. The Bertz CT molecular complexity index is 867. The minimum atomic E-state index is -4.86. The highest BCUT2D eigenvalue weighted by Crippen LogP contribution is 2.35. The number of aryl methyl sites for hydroxylation is 1. The topological polar surface area (TPSA) is 44.0 Å². The first-order valence-corrected chi connectivity index (χ1v) is 8.07. The Balaban J connectivity index is 2.80. The molecular weight excluding hydrogens is 404 g/mol. The molecule has 0 saturated heterocycles. The predicted octanol–water partition coefficient (Wildman–Crippen LogP) is 3.47. The van der Waals surface area contributed by atoms with Crippen molar-refractivity contribution in [1.82, 2.24) is 9.13 Å². The molecular formula is C13H11BrF4N2O2S. The molecule has 23 heavy (non-hydrogen) atoms. The molecule has 0 aliphatic carbocycles. The predicted molar refractivity (Wildman–Crippen MR) is 81.8 cm³/mol. The van der Waals surface area contributed by atoms with Crippen molar-refractivity contribution in [2.45, 2.75) is 25.9 Å². The highest BCUT2D eigenvalue weighted by Gasteiger charge is 2.35. The van der Waals surface area contributed by atoms with Crippen LogP contribution in [0, 0.1) is 5.13 Å². The Morgan fingerprint density at radius 1 is 1.30 bits per heavy atom. The van der Waals surface area contributed by atoms with Crippen LogP contribution in [0.1, 0.15) is 23.9 Å². The zero-order valence-corrected chi connectivity index (χ0v) is 14.4. The van der Waals surface area contributed by atoms with Crippen LogP contribution in [0.5, 0.6) is 0 Å². The van der Waals surface area contributed by atoms with Gasteiger partial charge in [-0.3, -0.25) is 9.36 Å². The van der Waals surface area contributed by atoms with Crippen LogP contribution in [0.2, 0.25) is 0 Å². The summed E-state index contributed by atoms with van der Waals surface area (Å²) < 4.78 is 53.5. The summed E-state index contributed by atoms with van der Waals surface area (Å²) in [6.45, 7) is 1.87. The Labute approximate surface area is 140 Å². The average Bonchev–Trinajstić information content (AvgIpc) is 2.70. The summed E-state index contributed by atoms with van der Waals surface area (Å²) in [7, 11) is 0.881. The fourth-order valence-electron chi connectivity index (χ4n) is 2.10. The molecule has 0 unspecified atom stereocenters. The molecule has 4 nitrogen and oxygen atoms in total. The molecule has 126 valence electrons. The summed E-state index contributed by atoms with van der Waals surface area (Å²) in [5, 5.41) is -0.806. The number of rotatable bonds is 3. The minimum absolute atomic E-state index is 0.209. The van der Waals surface area contributed by atoms with E-state index in [1.54, 1.807) is 0 Å². The van der Waals surface area contributed by atoms with Gasteiger partial charge in [0.2, 0.25) is 5.13 Å². The van der Waals surface area contributed by atoms with Gasteiger partial charge in [0.25, 0.3) is 5.56 Å². The molecule has 0 atom stereocenters. The van der Waals surface area contributed by atoms with Crippen LogP contribution < -0.4 is 11.2 Å². The average molecular weight is 415 g/mol. The van der Waals surface area contributed by atoms with E-state index in [2.05, 4.69) is 15.9 Å². The standard InChI is InChI=1S/C13H11BrF4N2O2S/c1-3-4-6-9(14)10(11(15)23-6)20-8(21)5-7(13(16,17)18)19(2)12(20)22/h5H,3-4H2,1-2H3. The molecule has 0 fully saturated rings. The summed E-state index contributed by atoms with van der Waals surface area (Å²) >= 11 is 3.88. The number of alkyl halides is 3. The molecule has 0 aliphatic heterocycles. The van der Waals surface area contributed by atoms with Crippen LogP contribution in [0.15, 0.2) is 20.1 Å². The van der Waals surface area contributed by atoms with Gasteiger partial charge in [0.15, 0.2) is 0 Å². The molecule has 10 heteroatoms. The van der Waals surface area contributed by atoms with Crippen LogP contribution >= 0.6 is 27.3 Å². The molecule has 0 aromatic carbocycles. The molecule has 0 radical (unpaired) electrons. The maximum Gasteiger partial charge on any atom is 0.431 e. The molecule has 0 N–H and O–H groups in total. The van der Waals surface area contributed by atoms with Crippen molar-refractivity contribution in [3.05, 3.63) is 47.1 Å². The monoisotopic (exact) mass is 414 g/mol. The number of nitrogens with zero attached hydrogens (tertiary/aromatic N) is 2.